The molecule has 1 atom stereocenters. The summed E-state index contributed by atoms with van der Waals surface area (Å²) >= 11 is 0. The van der Waals surface area contributed by atoms with Crippen LogP contribution in [-0.4, -0.2) is 44.2 Å². The third-order valence-corrected chi connectivity index (χ3v) is 4.71. The molecule has 4 heteroatoms. The van der Waals surface area contributed by atoms with Crippen LogP contribution >= 0.6 is 0 Å². The Hall–Kier alpha value is -1.55. The van der Waals surface area contributed by atoms with Crippen molar-refractivity contribution in [2.45, 2.75) is 26.3 Å². The van der Waals surface area contributed by atoms with Gasteiger partial charge in [0.2, 0.25) is 0 Å². The molecule has 2 aliphatic heterocycles. The predicted octanol–water partition coefficient (Wildman–Crippen LogP) is 2.18. The molecule has 2 heterocycles. The van der Waals surface area contributed by atoms with Gasteiger partial charge in [-0.3, -0.25) is 4.99 Å². The maximum Gasteiger partial charge on any atom is 0.193 e. The quantitative estimate of drug-likeness (QED) is 0.669. The van der Waals surface area contributed by atoms with E-state index in [0.717, 1.165) is 38.8 Å². The zero-order valence-corrected chi connectivity index (χ0v) is 13.1. The summed E-state index contributed by atoms with van der Waals surface area (Å²) in [4.78, 5) is 6.83. The van der Waals surface area contributed by atoms with Gasteiger partial charge in [0.05, 0.1) is 6.61 Å². The number of rotatable bonds is 2. The zero-order valence-electron chi connectivity index (χ0n) is 13.1. The van der Waals surface area contributed by atoms with Crippen molar-refractivity contribution in [1.82, 2.24) is 10.2 Å². The minimum atomic E-state index is 0.376. The van der Waals surface area contributed by atoms with E-state index in [0.29, 0.717) is 5.41 Å². The molecular weight excluding hydrogens is 262 g/mol. The number of nitrogens with one attached hydrogen (secondary N) is 1. The fraction of sp³-hybridized carbons (Fsp3) is 0.588. The lowest BCUT2D eigenvalue weighted by atomic mass is 9.87. The molecule has 2 aliphatic rings. The van der Waals surface area contributed by atoms with Crippen LogP contribution in [0.25, 0.3) is 0 Å². The monoisotopic (exact) mass is 287 g/mol. The molecule has 1 N–H and O–H groups in total. The first-order valence-electron chi connectivity index (χ1n) is 7.80. The van der Waals surface area contributed by atoms with Crippen molar-refractivity contribution in [2.24, 2.45) is 10.4 Å². The topological polar surface area (TPSA) is 36.9 Å². The number of benzene rings is 1. The number of hydrogen-bond donors (Lipinski definition) is 1. The Morgan fingerprint density at radius 1 is 1.33 bits per heavy atom. The minimum Gasteiger partial charge on any atom is -0.381 e. The molecule has 21 heavy (non-hydrogen) atoms. The number of nitrogens with zero attached hydrogens (tertiary/aromatic N) is 2. The fourth-order valence-corrected chi connectivity index (χ4v) is 3.31. The molecule has 3 rings (SSSR count). The van der Waals surface area contributed by atoms with Crippen molar-refractivity contribution >= 4 is 5.96 Å². The Morgan fingerprint density at radius 3 is 2.81 bits per heavy atom. The lowest BCUT2D eigenvalue weighted by Gasteiger charge is -2.25. The summed E-state index contributed by atoms with van der Waals surface area (Å²) in [6.07, 6.45) is 2.41. The average molecular weight is 287 g/mol. The van der Waals surface area contributed by atoms with E-state index in [1.807, 2.05) is 7.05 Å². The number of aryl methyl sites for hydroxylation is 1. The highest BCUT2D eigenvalue weighted by atomic mass is 16.5. The molecule has 1 spiro atoms. The van der Waals surface area contributed by atoms with E-state index >= 15 is 0 Å². The molecule has 0 aliphatic carbocycles. The summed E-state index contributed by atoms with van der Waals surface area (Å²) in [6, 6.07) is 8.65. The van der Waals surface area contributed by atoms with Gasteiger partial charge in [-0.05, 0) is 25.3 Å². The number of guanidine groups is 1. The maximum absolute atomic E-state index is 5.60. The molecular formula is C17H25N3O. The molecule has 0 amide bonds. The maximum atomic E-state index is 5.60. The van der Waals surface area contributed by atoms with Crippen molar-refractivity contribution in [3.63, 3.8) is 0 Å². The van der Waals surface area contributed by atoms with Crippen molar-refractivity contribution in [3.05, 3.63) is 35.4 Å². The number of aliphatic imine (C=N–C) groups is 1. The van der Waals surface area contributed by atoms with E-state index in [2.05, 4.69) is 46.4 Å². The van der Waals surface area contributed by atoms with Gasteiger partial charge in [0.1, 0.15) is 0 Å². The van der Waals surface area contributed by atoms with E-state index in [9.17, 15) is 0 Å². The van der Waals surface area contributed by atoms with Gasteiger partial charge >= 0.3 is 0 Å². The van der Waals surface area contributed by atoms with Crippen LogP contribution in [0.4, 0.5) is 0 Å². The summed E-state index contributed by atoms with van der Waals surface area (Å²) in [5.41, 5.74) is 2.97. The highest BCUT2D eigenvalue weighted by Gasteiger charge is 2.42. The second-order valence-corrected chi connectivity index (χ2v) is 6.36. The molecule has 4 nitrogen and oxygen atoms in total. The minimum absolute atomic E-state index is 0.376. The molecule has 114 valence electrons. The highest BCUT2D eigenvalue weighted by Crippen LogP contribution is 2.38. The van der Waals surface area contributed by atoms with Crippen LogP contribution < -0.4 is 5.32 Å². The molecule has 2 saturated heterocycles. The second-order valence-electron chi connectivity index (χ2n) is 6.36. The van der Waals surface area contributed by atoms with Crippen LogP contribution in [0.3, 0.4) is 0 Å². The van der Waals surface area contributed by atoms with Gasteiger partial charge < -0.3 is 15.0 Å². The van der Waals surface area contributed by atoms with Crippen LogP contribution in [0.2, 0.25) is 0 Å². The summed E-state index contributed by atoms with van der Waals surface area (Å²) in [5.74, 6) is 1.01. The SMILES string of the molecule is CN=C(NCc1ccc(C)cc1)N1CCC2(CCOC2)C1. The first-order valence-corrected chi connectivity index (χ1v) is 7.80. The predicted molar refractivity (Wildman–Crippen MR) is 85.4 cm³/mol. The molecule has 1 aromatic rings. The summed E-state index contributed by atoms with van der Waals surface area (Å²) < 4.78 is 5.60. The van der Waals surface area contributed by atoms with Crippen molar-refractivity contribution in [1.29, 1.82) is 0 Å². The number of hydrogen-bond acceptors (Lipinski definition) is 2. The fourth-order valence-electron chi connectivity index (χ4n) is 3.31. The molecule has 1 aromatic carbocycles. The molecule has 2 fully saturated rings. The summed E-state index contributed by atoms with van der Waals surface area (Å²) in [6.45, 7) is 6.93. The van der Waals surface area contributed by atoms with Crippen molar-refractivity contribution in [3.8, 4) is 0 Å². The van der Waals surface area contributed by atoms with Gasteiger partial charge in [-0.2, -0.15) is 0 Å². The third kappa shape index (κ3) is 3.21. The second kappa shape index (κ2) is 6.06. The Kier molecular flexibility index (Phi) is 4.15. The standard InChI is InChI=1S/C17H25N3O/c1-14-3-5-15(6-4-14)11-19-16(18-2)20-9-7-17(12-20)8-10-21-13-17/h3-6H,7-13H2,1-2H3,(H,18,19). The van der Waals surface area contributed by atoms with Crippen LogP contribution in [0.5, 0.6) is 0 Å². The van der Waals surface area contributed by atoms with Gasteiger partial charge in [0.15, 0.2) is 5.96 Å². The Balaban J connectivity index is 1.57. The average Bonchev–Trinajstić information content (AvgIpc) is 3.13. The first-order chi connectivity index (χ1) is 10.2. The zero-order chi connectivity index (χ0) is 14.7. The molecule has 0 saturated carbocycles. The van der Waals surface area contributed by atoms with Gasteiger partial charge in [0.25, 0.3) is 0 Å². The van der Waals surface area contributed by atoms with Gasteiger partial charge in [0, 0.05) is 38.7 Å². The highest BCUT2D eigenvalue weighted by molar-refractivity contribution is 5.80. The molecule has 0 bridgehead atoms. The smallest absolute Gasteiger partial charge is 0.193 e. The van der Waals surface area contributed by atoms with E-state index in [-0.39, 0.29) is 0 Å². The summed E-state index contributed by atoms with van der Waals surface area (Å²) in [7, 11) is 1.87. The van der Waals surface area contributed by atoms with E-state index in [1.165, 1.54) is 24.0 Å². The largest absolute Gasteiger partial charge is 0.381 e. The number of ether oxygens (including phenoxy) is 1. The van der Waals surface area contributed by atoms with Crippen molar-refractivity contribution < 1.29 is 4.74 Å². The Morgan fingerprint density at radius 2 is 2.14 bits per heavy atom. The Bertz CT molecular complexity index is 503. The number of likely N-dealkylation sites (tertiary alicyclic amines) is 1. The summed E-state index contributed by atoms with van der Waals surface area (Å²) in [5, 5.41) is 3.49. The lowest BCUT2D eigenvalue weighted by Crippen LogP contribution is -2.41. The molecule has 1 unspecified atom stereocenters. The van der Waals surface area contributed by atoms with Gasteiger partial charge in [-0.1, -0.05) is 29.8 Å². The van der Waals surface area contributed by atoms with E-state index in [1.54, 1.807) is 0 Å². The van der Waals surface area contributed by atoms with Crippen molar-refractivity contribution in [2.75, 3.05) is 33.4 Å². The van der Waals surface area contributed by atoms with Crippen LogP contribution in [0.15, 0.2) is 29.3 Å². The normalized spacial score (nSPS) is 25.8. The van der Waals surface area contributed by atoms with Gasteiger partial charge in [-0.25, -0.2) is 0 Å². The molecule has 0 aromatic heterocycles. The van der Waals surface area contributed by atoms with Crippen LogP contribution in [-0.2, 0) is 11.3 Å². The molecule has 0 radical (unpaired) electrons. The van der Waals surface area contributed by atoms with E-state index < -0.39 is 0 Å². The van der Waals surface area contributed by atoms with Crippen LogP contribution in [0.1, 0.15) is 24.0 Å². The van der Waals surface area contributed by atoms with E-state index in [4.69, 9.17) is 4.74 Å². The lowest BCUT2D eigenvalue weighted by molar-refractivity contribution is 0.156. The first kappa shape index (κ1) is 14.4. The third-order valence-electron chi connectivity index (χ3n) is 4.71. The van der Waals surface area contributed by atoms with Crippen LogP contribution in [0, 0.1) is 12.3 Å². The van der Waals surface area contributed by atoms with Gasteiger partial charge in [-0.15, -0.1) is 0 Å². The Labute approximate surface area is 127 Å².